The number of aliphatic hydroxyl groups excluding tert-OH is 1. The number of ether oxygens (including phenoxy) is 2. The quantitative estimate of drug-likeness (QED) is 0.702. The summed E-state index contributed by atoms with van der Waals surface area (Å²) < 4.78 is 10.9. The minimum Gasteiger partial charge on any atom is -0.503 e. The Balaban J connectivity index is 2.01. The molecule has 1 unspecified atom stereocenters. The van der Waals surface area contributed by atoms with Crippen LogP contribution in [0.1, 0.15) is 44.7 Å². The van der Waals surface area contributed by atoms with Gasteiger partial charge in [0.05, 0.1) is 25.8 Å². The van der Waals surface area contributed by atoms with Crippen molar-refractivity contribution in [3.63, 3.8) is 0 Å². The summed E-state index contributed by atoms with van der Waals surface area (Å²) in [6.45, 7) is 6.67. The van der Waals surface area contributed by atoms with Gasteiger partial charge in [0.2, 0.25) is 0 Å². The van der Waals surface area contributed by atoms with Crippen molar-refractivity contribution >= 4 is 11.7 Å². The van der Waals surface area contributed by atoms with Crippen LogP contribution in [0, 0.1) is 5.92 Å². The largest absolute Gasteiger partial charge is 0.503 e. The molecule has 1 amide bonds. The highest BCUT2D eigenvalue weighted by molar-refractivity contribution is 6.09. The van der Waals surface area contributed by atoms with Crippen LogP contribution in [0.2, 0.25) is 0 Å². The van der Waals surface area contributed by atoms with Gasteiger partial charge >= 0.3 is 0 Å². The molecule has 7 heteroatoms. The third-order valence-corrected chi connectivity index (χ3v) is 5.93. The number of methoxy groups -OCH3 is 2. The van der Waals surface area contributed by atoms with Crippen LogP contribution in [-0.2, 0) is 9.59 Å². The lowest BCUT2D eigenvalue weighted by atomic mass is 9.90. The van der Waals surface area contributed by atoms with Gasteiger partial charge in [0, 0.05) is 24.6 Å². The van der Waals surface area contributed by atoms with Crippen LogP contribution in [0.3, 0.4) is 0 Å². The minimum absolute atomic E-state index is 0.139. The Morgan fingerprint density at radius 3 is 2.43 bits per heavy atom. The Morgan fingerprint density at radius 2 is 1.83 bits per heavy atom. The molecule has 3 rings (SSSR count). The van der Waals surface area contributed by atoms with Crippen LogP contribution in [0.5, 0.6) is 11.5 Å². The second-order valence-corrected chi connectivity index (χ2v) is 8.19. The van der Waals surface area contributed by atoms with Gasteiger partial charge in [-0.2, -0.15) is 0 Å². The van der Waals surface area contributed by atoms with Crippen molar-refractivity contribution in [2.45, 2.75) is 39.2 Å². The van der Waals surface area contributed by atoms with E-state index in [1.165, 1.54) is 6.42 Å². The summed E-state index contributed by atoms with van der Waals surface area (Å²) in [5, 5.41) is 10.7. The summed E-state index contributed by atoms with van der Waals surface area (Å²) in [5.74, 6) is -0.419. The first-order valence-corrected chi connectivity index (χ1v) is 10.6. The highest BCUT2D eigenvalue weighted by Gasteiger charge is 2.45. The lowest BCUT2D eigenvalue weighted by Gasteiger charge is -2.32. The fraction of sp³-hybridized carbons (Fsp3) is 0.565. The summed E-state index contributed by atoms with van der Waals surface area (Å²) in [4.78, 5) is 30.0. The molecule has 1 atom stereocenters. The summed E-state index contributed by atoms with van der Waals surface area (Å²) >= 11 is 0. The summed E-state index contributed by atoms with van der Waals surface area (Å²) in [6, 6.07) is 4.60. The molecular formula is C23H32N2O5. The molecule has 2 aliphatic heterocycles. The number of Topliss-reactive ketones (excluding diaryl/α,β-unsaturated/α-hetero) is 1. The van der Waals surface area contributed by atoms with Crippen molar-refractivity contribution in [3.8, 4) is 11.5 Å². The molecule has 164 valence electrons. The van der Waals surface area contributed by atoms with Gasteiger partial charge < -0.3 is 24.4 Å². The molecule has 1 aromatic carbocycles. The van der Waals surface area contributed by atoms with E-state index < -0.39 is 17.7 Å². The van der Waals surface area contributed by atoms with Gasteiger partial charge in [0.15, 0.2) is 11.5 Å². The fourth-order valence-corrected chi connectivity index (χ4v) is 4.26. The molecule has 1 saturated heterocycles. The molecule has 2 aliphatic rings. The van der Waals surface area contributed by atoms with Crippen molar-refractivity contribution < 1.29 is 24.2 Å². The molecule has 0 bridgehead atoms. The number of piperidine rings is 1. The van der Waals surface area contributed by atoms with Gasteiger partial charge in [-0.25, -0.2) is 0 Å². The zero-order valence-electron chi connectivity index (χ0n) is 18.3. The fourth-order valence-electron chi connectivity index (χ4n) is 4.26. The van der Waals surface area contributed by atoms with Gasteiger partial charge in [-0.15, -0.1) is 0 Å². The predicted octanol–water partition coefficient (Wildman–Crippen LogP) is 3.11. The molecule has 1 aromatic rings. The molecule has 0 radical (unpaired) electrons. The molecule has 7 nitrogen and oxygen atoms in total. The van der Waals surface area contributed by atoms with E-state index in [0.29, 0.717) is 30.2 Å². The lowest BCUT2D eigenvalue weighted by Crippen LogP contribution is -2.40. The number of nitrogens with zero attached hydrogens (tertiary/aromatic N) is 2. The predicted molar refractivity (Wildman–Crippen MR) is 114 cm³/mol. The first-order valence-electron chi connectivity index (χ1n) is 10.6. The van der Waals surface area contributed by atoms with Crippen LogP contribution >= 0.6 is 0 Å². The maximum absolute atomic E-state index is 13.0. The van der Waals surface area contributed by atoms with Gasteiger partial charge in [0.1, 0.15) is 11.5 Å². The first-order chi connectivity index (χ1) is 14.4. The Morgan fingerprint density at radius 1 is 1.13 bits per heavy atom. The first kappa shape index (κ1) is 22.2. The number of hydrogen-bond donors (Lipinski definition) is 1. The monoisotopic (exact) mass is 416 g/mol. The molecule has 0 spiro atoms. The topological polar surface area (TPSA) is 79.3 Å². The summed E-state index contributed by atoms with van der Waals surface area (Å²) in [6.07, 6.45) is 3.54. The van der Waals surface area contributed by atoms with Crippen molar-refractivity contribution in [3.05, 3.63) is 35.1 Å². The minimum atomic E-state index is -0.706. The SMILES string of the molecule is COc1ccc(OC)c(C2C(C(=O)C(C)C)=C(O)C(=O)N2CCN2CCCCC2)c1. The van der Waals surface area contributed by atoms with E-state index in [1.54, 1.807) is 51.2 Å². The normalized spacial score (nSPS) is 20.2. The number of likely N-dealkylation sites (tertiary alicyclic amines) is 1. The van der Waals surface area contributed by atoms with Gasteiger partial charge in [-0.3, -0.25) is 9.59 Å². The second kappa shape index (κ2) is 9.51. The standard InChI is InChI=1S/C23H32N2O5/c1-15(2)21(26)19-20(17-14-16(29-3)8-9-18(17)30-4)25(23(28)22(19)27)13-12-24-10-6-5-7-11-24/h8-9,14-15,20,27H,5-7,10-13H2,1-4H3. The maximum atomic E-state index is 13.0. The van der Waals surface area contributed by atoms with Crippen LogP contribution < -0.4 is 9.47 Å². The Hall–Kier alpha value is -2.54. The number of carbonyl (C=O) groups is 2. The number of rotatable bonds is 8. The second-order valence-electron chi connectivity index (χ2n) is 8.19. The average Bonchev–Trinajstić information content (AvgIpc) is 3.01. The number of carbonyl (C=O) groups excluding carboxylic acids is 2. The third kappa shape index (κ3) is 4.31. The molecule has 0 aliphatic carbocycles. The van der Waals surface area contributed by atoms with E-state index in [-0.39, 0.29) is 17.3 Å². The van der Waals surface area contributed by atoms with E-state index >= 15 is 0 Å². The zero-order chi connectivity index (χ0) is 21.8. The molecule has 1 N–H and O–H groups in total. The Bertz CT molecular complexity index is 827. The van der Waals surface area contributed by atoms with Crippen LogP contribution in [-0.4, -0.2) is 67.0 Å². The van der Waals surface area contributed by atoms with Gasteiger partial charge in [-0.05, 0) is 44.1 Å². The van der Waals surface area contributed by atoms with E-state index in [1.807, 2.05) is 0 Å². The maximum Gasteiger partial charge on any atom is 0.290 e. The van der Waals surface area contributed by atoms with E-state index in [2.05, 4.69) is 4.90 Å². The summed E-state index contributed by atoms with van der Waals surface area (Å²) in [5.41, 5.74) is 0.775. The Kier molecular flexibility index (Phi) is 7.02. The highest BCUT2D eigenvalue weighted by Crippen LogP contribution is 2.43. The van der Waals surface area contributed by atoms with Crippen LogP contribution in [0.4, 0.5) is 0 Å². The zero-order valence-corrected chi connectivity index (χ0v) is 18.3. The van der Waals surface area contributed by atoms with Crippen LogP contribution in [0.25, 0.3) is 0 Å². The highest BCUT2D eigenvalue weighted by atomic mass is 16.5. The van der Waals surface area contributed by atoms with Crippen molar-refractivity contribution in [1.82, 2.24) is 9.80 Å². The van der Waals surface area contributed by atoms with Crippen molar-refractivity contribution in [1.29, 1.82) is 0 Å². The number of amides is 1. The number of aliphatic hydroxyl groups is 1. The number of ketones is 1. The van der Waals surface area contributed by atoms with Crippen molar-refractivity contribution in [2.24, 2.45) is 5.92 Å². The van der Waals surface area contributed by atoms with Crippen LogP contribution in [0.15, 0.2) is 29.5 Å². The molecular weight excluding hydrogens is 384 g/mol. The van der Waals surface area contributed by atoms with E-state index in [4.69, 9.17) is 9.47 Å². The molecule has 0 saturated carbocycles. The lowest BCUT2D eigenvalue weighted by molar-refractivity contribution is -0.129. The number of benzene rings is 1. The van der Waals surface area contributed by atoms with E-state index in [0.717, 1.165) is 25.9 Å². The smallest absolute Gasteiger partial charge is 0.290 e. The van der Waals surface area contributed by atoms with Gasteiger partial charge in [0.25, 0.3) is 5.91 Å². The van der Waals surface area contributed by atoms with Crippen molar-refractivity contribution in [2.75, 3.05) is 40.4 Å². The molecule has 30 heavy (non-hydrogen) atoms. The third-order valence-electron chi connectivity index (χ3n) is 5.93. The average molecular weight is 417 g/mol. The summed E-state index contributed by atoms with van der Waals surface area (Å²) in [7, 11) is 3.11. The molecule has 1 fully saturated rings. The van der Waals surface area contributed by atoms with E-state index in [9.17, 15) is 14.7 Å². The Labute approximate surface area is 178 Å². The number of hydrogen-bond acceptors (Lipinski definition) is 6. The molecule has 2 heterocycles. The van der Waals surface area contributed by atoms with Gasteiger partial charge in [-0.1, -0.05) is 20.3 Å². The molecule has 0 aromatic heterocycles.